The monoisotopic (exact) mass is 651 g/mol. The molecule has 1 N–H and O–H groups in total. The summed E-state index contributed by atoms with van der Waals surface area (Å²) in [5, 5.41) is 2.57. The first-order valence-electron chi connectivity index (χ1n) is 14.8. The van der Waals surface area contributed by atoms with Gasteiger partial charge in [0.05, 0.1) is 5.25 Å². The predicted octanol–water partition coefficient (Wildman–Crippen LogP) is 5.76. The molecule has 2 heterocycles. The summed E-state index contributed by atoms with van der Waals surface area (Å²) in [5.41, 5.74) is 4.72. The third-order valence-electron chi connectivity index (χ3n) is 7.73. The minimum atomic E-state index is -1.26. The summed E-state index contributed by atoms with van der Waals surface area (Å²) in [6, 6.07) is 18.3. The zero-order chi connectivity index (χ0) is 32.2. The topological polar surface area (TPSA) is 117 Å². The molecule has 0 radical (unpaired) electrons. The van der Waals surface area contributed by atoms with Crippen molar-refractivity contribution in [3.05, 3.63) is 81.7 Å². The predicted molar refractivity (Wildman–Crippen MR) is 172 cm³/mol. The minimum Gasteiger partial charge on any atom is -0.457 e. The Kier molecular flexibility index (Phi) is 10.3. The Balaban J connectivity index is 1.38. The van der Waals surface area contributed by atoms with Crippen molar-refractivity contribution in [2.45, 2.75) is 82.9 Å². The number of aryl methyl sites for hydroxylation is 1. The zero-order valence-electron chi connectivity index (χ0n) is 25.9. The van der Waals surface area contributed by atoms with Crippen LogP contribution in [0.5, 0.6) is 0 Å². The van der Waals surface area contributed by atoms with Crippen LogP contribution in [-0.4, -0.2) is 59.9 Å². The molecule has 2 fully saturated rings. The number of thiophene rings is 1. The molecule has 45 heavy (non-hydrogen) atoms. The van der Waals surface area contributed by atoms with Gasteiger partial charge in [-0.15, -0.1) is 11.3 Å². The Morgan fingerprint density at radius 3 is 2.18 bits per heavy atom. The highest BCUT2D eigenvalue weighted by molar-refractivity contribution is 7.99. The summed E-state index contributed by atoms with van der Waals surface area (Å²) >= 11 is 3.11. The van der Waals surface area contributed by atoms with Gasteiger partial charge >= 0.3 is 17.9 Å². The summed E-state index contributed by atoms with van der Waals surface area (Å²) in [4.78, 5) is 50.7. The average molecular weight is 652 g/mol. The van der Waals surface area contributed by atoms with Crippen LogP contribution in [0.3, 0.4) is 0 Å². The van der Waals surface area contributed by atoms with Gasteiger partial charge in [-0.1, -0.05) is 30.3 Å². The first-order chi connectivity index (χ1) is 21.5. The normalized spacial score (nSPS) is 22.7. The summed E-state index contributed by atoms with van der Waals surface area (Å²) in [7, 11) is 0. The largest absolute Gasteiger partial charge is 0.457 e. The molecule has 1 amide bonds. The lowest BCUT2D eigenvalue weighted by Gasteiger charge is -2.44. The zero-order valence-corrected chi connectivity index (χ0v) is 27.5. The number of ether oxygens (including phenoxy) is 4. The molecule has 1 aliphatic heterocycles. The molecule has 238 valence electrons. The third kappa shape index (κ3) is 8.14. The molecule has 5 rings (SSSR count). The Hall–Kier alpha value is -3.67. The number of esters is 3. The fourth-order valence-corrected chi connectivity index (χ4v) is 7.38. The molecule has 1 saturated carbocycles. The first-order valence-corrected chi connectivity index (χ1v) is 16.9. The minimum absolute atomic E-state index is 0.0304. The Bertz CT molecular complexity index is 1560. The van der Waals surface area contributed by atoms with E-state index >= 15 is 0 Å². The summed E-state index contributed by atoms with van der Waals surface area (Å²) in [6.07, 6.45) is 0.712. The van der Waals surface area contributed by atoms with Crippen molar-refractivity contribution < 1.29 is 38.1 Å². The lowest BCUT2D eigenvalue weighted by atomic mass is 9.92. The van der Waals surface area contributed by atoms with E-state index in [4.69, 9.17) is 18.9 Å². The second kappa shape index (κ2) is 14.2. The van der Waals surface area contributed by atoms with E-state index in [0.29, 0.717) is 18.0 Å². The number of hydrogen-bond donors (Lipinski definition) is 1. The number of nitrogens with one attached hydrogen (secondary N) is 1. The van der Waals surface area contributed by atoms with Crippen LogP contribution >= 0.6 is 23.1 Å². The molecule has 2 aliphatic rings. The smallest absolute Gasteiger partial charge is 0.305 e. The third-order valence-corrected chi connectivity index (χ3v) is 9.92. The molecular weight excluding hydrogens is 615 g/mol. The second-order valence-electron chi connectivity index (χ2n) is 11.3. The van der Waals surface area contributed by atoms with Gasteiger partial charge in [-0.3, -0.25) is 19.2 Å². The van der Waals surface area contributed by atoms with Crippen molar-refractivity contribution in [3.63, 3.8) is 0 Å². The van der Waals surface area contributed by atoms with Crippen LogP contribution in [0.15, 0.2) is 54.6 Å². The molecule has 5 atom stereocenters. The van der Waals surface area contributed by atoms with Crippen molar-refractivity contribution in [2.24, 2.45) is 0 Å². The molecular formula is C34H37NO8S2. The maximum absolute atomic E-state index is 12.4. The fourth-order valence-electron chi connectivity index (χ4n) is 5.39. The Labute approximate surface area is 271 Å². The number of thioether (sulfide) groups is 1. The number of carbonyl (C=O) groups is 4. The molecule has 9 nitrogen and oxygen atoms in total. The molecule has 11 heteroatoms. The number of carbonyl (C=O) groups excluding carboxylic acids is 4. The van der Waals surface area contributed by atoms with Crippen LogP contribution in [0.2, 0.25) is 0 Å². The van der Waals surface area contributed by atoms with Gasteiger partial charge < -0.3 is 24.3 Å². The van der Waals surface area contributed by atoms with E-state index in [-0.39, 0.29) is 5.91 Å². The van der Waals surface area contributed by atoms with Crippen LogP contribution < -0.4 is 5.32 Å². The molecule has 5 unspecified atom stereocenters. The van der Waals surface area contributed by atoms with E-state index in [9.17, 15) is 19.2 Å². The lowest BCUT2D eigenvalue weighted by molar-refractivity contribution is -0.266. The van der Waals surface area contributed by atoms with E-state index in [0.717, 1.165) is 44.8 Å². The number of rotatable bonds is 10. The maximum atomic E-state index is 12.4. The van der Waals surface area contributed by atoms with Crippen LogP contribution in [0, 0.1) is 6.92 Å². The van der Waals surface area contributed by atoms with Crippen LogP contribution in [0.1, 0.15) is 71.6 Å². The number of benzene rings is 2. The molecule has 0 spiro atoms. The van der Waals surface area contributed by atoms with Gasteiger partial charge in [-0.05, 0) is 72.5 Å². The maximum Gasteiger partial charge on any atom is 0.305 e. The summed E-state index contributed by atoms with van der Waals surface area (Å²) < 4.78 is 22.9. The molecule has 3 aromatic rings. The average Bonchev–Trinajstić information content (AvgIpc) is 3.68. The van der Waals surface area contributed by atoms with Gasteiger partial charge in [0.1, 0.15) is 6.10 Å². The Morgan fingerprint density at radius 1 is 0.889 bits per heavy atom. The van der Waals surface area contributed by atoms with E-state index in [1.807, 2.05) is 49.6 Å². The van der Waals surface area contributed by atoms with Gasteiger partial charge in [0.25, 0.3) is 5.91 Å². The van der Waals surface area contributed by atoms with Crippen LogP contribution in [-0.2, 0) is 39.8 Å². The standard InChI is InChI=1S/C34H37NO8S2/c1-18-6-7-24(29-32(44-5)30(40-19(2)36)31(41-20(3)37)34(43-29)42-21(4)38)16-25(18)17-27-14-15-28(45-27)22-8-10-23(11-9-22)33(39)35-26-12-13-26/h6-11,14-16,26,29-32,34H,12-13,17H2,1-5H3,(H,35,39). The van der Waals surface area contributed by atoms with Gasteiger partial charge in [-0.25, -0.2) is 0 Å². The number of hydrogen-bond acceptors (Lipinski definition) is 10. The molecule has 1 aromatic heterocycles. The molecule has 2 aromatic carbocycles. The van der Waals surface area contributed by atoms with Crippen molar-refractivity contribution in [1.29, 1.82) is 0 Å². The van der Waals surface area contributed by atoms with Gasteiger partial charge in [0.15, 0.2) is 6.10 Å². The number of amides is 1. The van der Waals surface area contributed by atoms with Crippen molar-refractivity contribution in [1.82, 2.24) is 5.32 Å². The quantitative estimate of drug-likeness (QED) is 0.216. The highest BCUT2D eigenvalue weighted by Crippen LogP contribution is 2.42. The molecule has 1 saturated heterocycles. The fraction of sp³-hybridized carbons (Fsp3) is 0.412. The van der Waals surface area contributed by atoms with Gasteiger partial charge in [0.2, 0.25) is 12.4 Å². The Morgan fingerprint density at radius 2 is 1.56 bits per heavy atom. The van der Waals surface area contributed by atoms with Crippen molar-refractivity contribution in [2.75, 3.05) is 6.26 Å². The lowest BCUT2D eigenvalue weighted by Crippen LogP contribution is -2.57. The highest BCUT2D eigenvalue weighted by atomic mass is 32.2. The van der Waals surface area contributed by atoms with E-state index in [1.165, 1.54) is 32.5 Å². The van der Waals surface area contributed by atoms with Gasteiger partial charge in [0, 0.05) is 48.6 Å². The van der Waals surface area contributed by atoms with E-state index in [2.05, 4.69) is 23.5 Å². The van der Waals surface area contributed by atoms with E-state index < -0.39 is 47.8 Å². The van der Waals surface area contributed by atoms with E-state index in [1.54, 1.807) is 11.3 Å². The molecule has 1 aliphatic carbocycles. The van der Waals surface area contributed by atoms with Crippen LogP contribution in [0.4, 0.5) is 0 Å². The first kappa shape index (κ1) is 32.7. The second-order valence-corrected chi connectivity index (χ2v) is 13.5. The van der Waals surface area contributed by atoms with Crippen molar-refractivity contribution >= 4 is 46.9 Å². The molecule has 0 bridgehead atoms. The summed E-state index contributed by atoms with van der Waals surface area (Å²) in [5.74, 6) is -1.81. The highest BCUT2D eigenvalue weighted by Gasteiger charge is 2.51. The van der Waals surface area contributed by atoms with Crippen molar-refractivity contribution in [3.8, 4) is 10.4 Å². The summed E-state index contributed by atoms with van der Waals surface area (Å²) in [6.45, 7) is 5.81. The van der Waals surface area contributed by atoms with Crippen LogP contribution in [0.25, 0.3) is 10.4 Å². The van der Waals surface area contributed by atoms with Gasteiger partial charge in [-0.2, -0.15) is 11.8 Å². The SMILES string of the molecule is CSC1C(c2ccc(C)c(Cc3ccc(-c4ccc(C(=O)NC5CC5)cc4)s3)c2)OC(OC(C)=O)C(OC(C)=O)C1OC(C)=O.